The molecule has 0 saturated carbocycles. The topological polar surface area (TPSA) is 67.4 Å². The standard InChI is InChI=1S/C35H28F2N2O3/c1-42-33-17-14-27(34(40)38-31-15-12-25(20-29(31)36)18-23-8-4-2-5-9-23)22-28(33)35(41)39-32-16-13-26(21-30(32)37)19-24-10-6-3-7-11-24/h2-17,20-22H,18-19H2,1H3,(H,38,40)(H,39,41). The molecule has 5 nitrogen and oxygen atoms in total. The quantitative estimate of drug-likeness (QED) is 0.194. The fraction of sp³-hybridized carbons (Fsp3) is 0.0857. The van der Waals surface area contributed by atoms with Crippen molar-refractivity contribution < 1.29 is 23.1 Å². The second-order valence-electron chi connectivity index (χ2n) is 9.78. The molecule has 0 aromatic heterocycles. The minimum atomic E-state index is -0.660. The maximum Gasteiger partial charge on any atom is 0.259 e. The van der Waals surface area contributed by atoms with Crippen molar-refractivity contribution in [1.82, 2.24) is 0 Å². The lowest BCUT2D eigenvalue weighted by Gasteiger charge is -2.13. The van der Waals surface area contributed by atoms with Crippen molar-refractivity contribution in [2.45, 2.75) is 12.8 Å². The second-order valence-corrected chi connectivity index (χ2v) is 9.78. The van der Waals surface area contributed by atoms with Gasteiger partial charge in [0.15, 0.2) is 0 Å². The summed E-state index contributed by atoms with van der Waals surface area (Å²) in [7, 11) is 1.39. The summed E-state index contributed by atoms with van der Waals surface area (Å²) < 4.78 is 35.1. The van der Waals surface area contributed by atoms with E-state index < -0.39 is 23.4 Å². The first-order chi connectivity index (χ1) is 20.4. The van der Waals surface area contributed by atoms with Crippen LogP contribution in [0.25, 0.3) is 0 Å². The van der Waals surface area contributed by atoms with E-state index in [0.29, 0.717) is 12.8 Å². The van der Waals surface area contributed by atoms with Gasteiger partial charge in [-0.25, -0.2) is 8.78 Å². The number of hydrogen-bond acceptors (Lipinski definition) is 3. The predicted molar refractivity (Wildman–Crippen MR) is 160 cm³/mol. The van der Waals surface area contributed by atoms with E-state index in [0.717, 1.165) is 22.3 Å². The number of methoxy groups -OCH3 is 1. The minimum absolute atomic E-state index is 0.00798. The second kappa shape index (κ2) is 12.9. The molecule has 0 unspecified atom stereocenters. The highest BCUT2D eigenvalue weighted by molar-refractivity contribution is 6.10. The van der Waals surface area contributed by atoms with Crippen LogP contribution in [-0.4, -0.2) is 18.9 Å². The molecule has 5 aromatic rings. The Morgan fingerprint density at radius 2 is 1.10 bits per heavy atom. The number of anilines is 2. The monoisotopic (exact) mass is 562 g/mol. The fourth-order valence-electron chi connectivity index (χ4n) is 4.61. The van der Waals surface area contributed by atoms with Gasteiger partial charge in [0.2, 0.25) is 0 Å². The molecule has 0 aliphatic heterocycles. The molecule has 0 atom stereocenters. The molecule has 0 aliphatic carbocycles. The highest BCUT2D eigenvalue weighted by Gasteiger charge is 2.19. The van der Waals surface area contributed by atoms with Crippen LogP contribution in [0.4, 0.5) is 20.2 Å². The maximum atomic E-state index is 14.9. The average Bonchev–Trinajstić information content (AvgIpc) is 3.00. The van der Waals surface area contributed by atoms with Gasteiger partial charge in [0.05, 0.1) is 24.0 Å². The van der Waals surface area contributed by atoms with E-state index in [2.05, 4.69) is 10.6 Å². The maximum absolute atomic E-state index is 14.9. The highest BCUT2D eigenvalue weighted by atomic mass is 19.1. The number of benzene rings is 5. The van der Waals surface area contributed by atoms with Crippen molar-refractivity contribution in [3.8, 4) is 5.75 Å². The molecule has 5 rings (SSSR count). The molecule has 0 spiro atoms. The zero-order chi connectivity index (χ0) is 29.5. The Hall–Kier alpha value is -5.30. The van der Waals surface area contributed by atoms with Crippen molar-refractivity contribution >= 4 is 23.2 Å². The Kier molecular flexibility index (Phi) is 8.68. The van der Waals surface area contributed by atoms with Crippen molar-refractivity contribution in [3.05, 3.63) is 160 Å². The average molecular weight is 563 g/mol. The molecule has 7 heteroatoms. The summed E-state index contributed by atoms with van der Waals surface area (Å²) in [5.74, 6) is -2.24. The summed E-state index contributed by atoms with van der Waals surface area (Å²) in [5, 5.41) is 5.12. The minimum Gasteiger partial charge on any atom is -0.496 e. The molecule has 2 amide bonds. The van der Waals surface area contributed by atoms with Crippen LogP contribution in [0.3, 0.4) is 0 Å². The van der Waals surface area contributed by atoms with E-state index in [1.807, 2.05) is 60.7 Å². The Bertz CT molecular complexity index is 1720. The Labute approximate surface area is 242 Å². The van der Waals surface area contributed by atoms with Crippen molar-refractivity contribution in [3.63, 3.8) is 0 Å². The van der Waals surface area contributed by atoms with Gasteiger partial charge in [-0.3, -0.25) is 9.59 Å². The normalized spacial score (nSPS) is 10.6. The predicted octanol–water partition coefficient (Wildman–Crippen LogP) is 7.66. The smallest absolute Gasteiger partial charge is 0.259 e. The van der Waals surface area contributed by atoms with Gasteiger partial charge >= 0.3 is 0 Å². The van der Waals surface area contributed by atoms with E-state index in [-0.39, 0.29) is 28.3 Å². The molecule has 0 fully saturated rings. The van der Waals surface area contributed by atoms with Gasteiger partial charge in [-0.2, -0.15) is 0 Å². The molecule has 0 radical (unpaired) electrons. The molecular weight excluding hydrogens is 534 g/mol. The molecule has 0 heterocycles. The zero-order valence-corrected chi connectivity index (χ0v) is 22.9. The van der Waals surface area contributed by atoms with E-state index >= 15 is 0 Å². The molecule has 5 aromatic carbocycles. The van der Waals surface area contributed by atoms with Gasteiger partial charge in [0.1, 0.15) is 17.4 Å². The molecule has 2 N–H and O–H groups in total. The van der Waals surface area contributed by atoms with Crippen LogP contribution in [0.2, 0.25) is 0 Å². The molecule has 0 saturated heterocycles. The van der Waals surface area contributed by atoms with Crippen molar-refractivity contribution in [2.75, 3.05) is 17.7 Å². The summed E-state index contributed by atoms with van der Waals surface area (Å²) in [4.78, 5) is 26.2. The molecule has 210 valence electrons. The summed E-state index contributed by atoms with van der Waals surface area (Å²) >= 11 is 0. The first-order valence-electron chi connectivity index (χ1n) is 13.3. The van der Waals surface area contributed by atoms with Crippen LogP contribution in [0.5, 0.6) is 5.75 Å². The van der Waals surface area contributed by atoms with Crippen LogP contribution in [0.15, 0.2) is 115 Å². The van der Waals surface area contributed by atoms with Crippen LogP contribution in [-0.2, 0) is 12.8 Å². The van der Waals surface area contributed by atoms with E-state index in [1.54, 1.807) is 12.1 Å². The highest BCUT2D eigenvalue weighted by Crippen LogP contribution is 2.25. The summed E-state index contributed by atoms with van der Waals surface area (Å²) in [6, 6.07) is 32.8. The Balaban J connectivity index is 1.29. The van der Waals surface area contributed by atoms with Gasteiger partial charge in [-0.1, -0.05) is 72.8 Å². The number of amides is 2. The van der Waals surface area contributed by atoms with Gasteiger partial charge in [0, 0.05) is 5.56 Å². The first kappa shape index (κ1) is 28.2. The number of carbonyl (C=O) groups excluding carboxylic acids is 2. The number of carbonyl (C=O) groups is 2. The molecule has 0 bridgehead atoms. The largest absolute Gasteiger partial charge is 0.496 e. The summed E-state index contributed by atoms with van der Waals surface area (Å²) in [6.07, 6.45) is 1.10. The van der Waals surface area contributed by atoms with Gasteiger partial charge in [-0.05, 0) is 77.6 Å². The molecule has 42 heavy (non-hydrogen) atoms. The zero-order valence-electron chi connectivity index (χ0n) is 22.9. The SMILES string of the molecule is COc1ccc(C(=O)Nc2ccc(Cc3ccccc3)cc2F)cc1C(=O)Nc1ccc(Cc2ccccc2)cc1F. The van der Waals surface area contributed by atoms with Crippen molar-refractivity contribution in [1.29, 1.82) is 0 Å². The number of halogens is 2. The van der Waals surface area contributed by atoms with Crippen LogP contribution in [0.1, 0.15) is 43.0 Å². The third-order valence-electron chi connectivity index (χ3n) is 6.77. The van der Waals surface area contributed by atoms with Crippen molar-refractivity contribution in [2.24, 2.45) is 0 Å². The number of rotatable bonds is 9. The first-order valence-corrected chi connectivity index (χ1v) is 13.3. The van der Waals surface area contributed by atoms with E-state index in [1.165, 1.54) is 49.6 Å². The summed E-state index contributed by atoms with van der Waals surface area (Å²) in [6.45, 7) is 0. The third-order valence-corrected chi connectivity index (χ3v) is 6.77. The Morgan fingerprint density at radius 1 is 0.595 bits per heavy atom. The lowest BCUT2D eigenvalue weighted by molar-refractivity contribution is 0.102. The van der Waals surface area contributed by atoms with Crippen LogP contribution in [0, 0.1) is 11.6 Å². The van der Waals surface area contributed by atoms with Crippen LogP contribution >= 0.6 is 0 Å². The van der Waals surface area contributed by atoms with Gasteiger partial charge in [0.25, 0.3) is 11.8 Å². The third kappa shape index (κ3) is 6.88. The summed E-state index contributed by atoms with van der Waals surface area (Å²) in [5.41, 5.74) is 3.73. The molecule has 0 aliphatic rings. The lowest BCUT2D eigenvalue weighted by Crippen LogP contribution is -2.17. The lowest BCUT2D eigenvalue weighted by atomic mass is 10.0. The Morgan fingerprint density at radius 3 is 1.57 bits per heavy atom. The van der Waals surface area contributed by atoms with E-state index in [4.69, 9.17) is 4.74 Å². The fourth-order valence-corrected chi connectivity index (χ4v) is 4.61. The number of hydrogen-bond donors (Lipinski definition) is 2. The van der Waals surface area contributed by atoms with Crippen LogP contribution < -0.4 is 15.4 Å². The van der Waals surface area contributed by atoms with Gasteiger partial charge in [-0.15, -0.1) is 0 Å². The van der Waals surface area contributed by atoms with Gasteiger partial charge < -0.3 is 15.4 Å². The molecular formula is C35H28F2N2O3. The number of nitrogens with one attached hydrogen (secondary N) is 2. The number of ether oxygens (including phenoxy) is 1. The van der Waals surface area contributed by atoms with E-state index in [9.17, 15) is 18.4 Å².